The summed E-state index contributed by atoms with van der Waals surface area (Å²) in [5, 5.41) is 45.7. The second-order valence-corrected chi connectivity index (χ2v) is 33.5. The number of Topliss-reactive ketones (excluding diaryl/α,β-unsaturated/α-hetero) is 2. The van der Waals surface area contributed by atoms with Gasteiger partial charge in [0.15, 0.2) is 17.3 Å². The molecule has 3 aromatic heterocycles. The number of hydrogen-bond donors (Lipinski definition) is 7. The minimum Gasteiger partial charge on any atom is -0.506 e. The molecule has 0 unspecified atom stereocenters. The smallest absolute Gasteiger partial charge is 0.490 e. The van der Waals surface area contributed by atoms with E-state index in [4.69, 9.17) is 119 Å². The van der Waals surface area contributed by atoms with Gasteiger partial charge in [-0.25, -0.2) is 24.5 Å². The lowest BCUT2D eigenvalue weighted by atomic mass is 9.80. The summed E-state index contributed by atoms with van der Waals surface area (Å²) in [6.45, 7) is 24.4. The predicted molar refractivity (Wildman–Crippen MR) is 452 cm³/mol. The summed E-state index contributed by atoms with van der Waals surface area (Å²) in [5.74, 6) is 2.24. The maximum absolute atomic E-state index is 12.9. The number of alkyl carbamates (subject to hydrolysis) is 2. The van der Waals surface area contributed by atoms with Crippen LogP contribution < -0.4 is 55.5 Å². The zero-order chi connectivity index (χ0) is 83.1. The molecule has 3 fully saturated rings. The number of aliphatic hydroxyl groups is 1. The first-order valence-electron chi connectivity index (χ1n) is 36.5. The number of carbonyl (C=O) groups is 4. The van der Waals surface area contributed by atoms with E-state index in [1.54, 1.807) is 68.8 Å². The Balaban J connectivity index is 0.000000203. The second-order valence-electron chi connectivity index (χ2n) is 30.4. The highest BCUT2D eigenvalue weighted by molar-refractivity contribution is 9.10. The van der Waals surface area contributed by atoms with Crippen molar-refractivity contribution in [1.82, 2.24) is 25.6 Å². The van der Waals surface area contributed by atoms with E-state index in [0.29, 0.717) is 145 Å². The highest BCUT2D eigenvalue weighted by Gasteiger charge is 2.38. The first-order chi connectivity index (χ1) is 53.1. The first-order valence-corrected chi connectivity index (χ1v) is 39.6. The highest BCUT2D eigenvalue weighted by Crippen LogP contribution is 2.44. The summed E-state index contributed by atoms with van der Waals surface area (Å²) in [6, 6.07) is 35.7. The Bertz CT molecular complexity index is 4650. The number of hydrogen-bond acceptors (Lipinski definition) is 21. The van der Waals surface area contributed by atoms with E-state index in [1.807, 2.05) is 123 Å². The molecule has 113 heavy (non-hydrogen) atoms. The largest absolute Gasteiger partial charge is 0.506 e. The first kappa shape index (κ1) is 90.5. The third-order valence-electron chi connectivity index (χ3n) is 18.8. The molecule has 6 heterocycles. The number of ketones is 2. The standard InChI is InChI=1S/C32H37Cl2N3O5.C26H34BrN3O5.C18H21Cl2N3O2.C6H5BCl2O2/c1-20(38)28-25(37-16-14-32(5,15-17-37)36-30(39)42-31(2,3)4)18-26(41-19-21-10-12-22(40-6)13-11-21)29(35-28)23-8-7-9-24(33)27(23)34;1-17(31)22-20(30-13-11-26(5,12-14-30)29-24(32)35-25(2,3)4)15-21(23(27)28-22)34-16-18-7-9-19(33-6)10-8-18;1-18(21)5-7-23(8-6-18)14-9-15(25)17(22-13(14)10-24)11-3-2-4-12(19)16(11)20;8-5-3-1-2-4(6(5)9)7(10)11/h7-13,18H,14-17,19H2,1-6H3,(H,36,39);7-10,15H,11-14,16H2,1-6H3,(H,29,32);2-4,9,24-25H,5-8,10,21H2,1H3;1-3,10-11H. The number of aromatic hydroxyl groups is 1. The van der Waals surface area contributed by atoms with Crippen LogP contribution in [0.15, 0.2) is 126 Å². The molecule has 3 aliphatic rings. The fourth-order valence-corrected chi connectivity index (χ4v) is 14.0. The van der Waals surface area contributed by atoms with Crippen molar-refractivity contribution in [1.29, 1.82) is 0 Å². The van der Waals surface area contributed by atoms with Crippen LogP contribution in [0.4, 0.5) is 26.7 Å². The molecule has 0 saturated carbocycles. The number of nitrogens with two attached hydrogens (primary N) is 1. The number of aliphatic hydroxyl groups excluding tert-OH is 1. The third kappa shape index (κ3) is 25.5. The van der Waals surface area contributed by atoms with Crippen LogP contribution >= 0.6 is 85.5 Å². The van der Waals surface area contributed by atoms with Gasteiger partial charge in [0.25, 0.3) is 0 Å². The maximum atomic E-state index is 12.9. The SMILES string of the molecule is CC1(N)CCN(c2cc(O)c(-c3cccc(Cl)c3Cl)nc2CO)CC1.COc1ccc(COc2cc(N3CCC(C)(NC(=O)OC(C)(C)C)CC3)c(C(C)=O)nc2-c2cccc(Cl)c2Cl)cc1.COc1ccc(COc2cc(N3CCC(C)(NC(=O)OC(C)(C)C)CC3)c(C(C)=O)nc2Br)cc1.OB(O)c1cccc(Cl)c1Cl. The molecule has 0 spiro atoms. The molecule has 0 aliphatic carbocycles. The summed E-state index contributed by atoms with van der Waals surface area (Å²) in [6.07, 6.45) is 3.49. The van der Waals surface area contributed by atoms with Crippen molar-refractivity contribution in [2.75, 3.05) is 68.2 Å². The number of pyridine rings is 3. The van der Waals surface area contributed by atoms with Gasteiger partial charge in [-0.2, -0.15) is 0 Å². The number of ether oxygens (including phenoxy) is 6. The minimum absolute atomic E-state index is 0.00236. The number of rotatable bonds is 19. The molecule has 8 aromatic rings. The van der Waals surface area contributed by atoms with Crippen molar-refractivity contribution >= 4 is 139 Å². The lowest BCUT2D eigenvalue weighted by Crippen LogP contribution is -2.54. The van der Waals surface area contributed by atoms with Crippen molar-refractivity contribution in [3.8, 4) is 51.3 Å². The Morgan fingerprint density at radius 1 is 0.540 bits per heavy atom. The number of anilines is 3. The van der Waals surface area contributed by atoms with Crippen molar-refractivity contribution < 1.29 is 67.9 Å². The van der Waals surface area contributed by atoms with Gasteiger partial charge in [-0.1, -0.05) is 130 Å². The predicted octanol–water partition coefficient (Wildman–Crippen LogP) is 17.5. The van der Waals surface area contributed by atoms with E-state index in [2.05, 4.69) is 51.2 Å². The molecular formula is C82H97BBrCl6N9O14. The molecule has 31 heteroatoms. The van der Waals surface area contributed by atoms with Gasteiger partial charge >= 0.3 is 19.3 Å². The van der Waals surface area contributed by atoms with Crippen LogP contribution in [0.2, 0.25) is 30.1 Å². The Kier molecular flexibility index (Phi) is 31.7. The quantitative estimate of drug-likeness (QED) is 0.0225. The molecule has 5 aromatic carbocycles. The fraction of sp³-hybridized carbons (Fsp3) is 0.402. The molecule has 3 saturated heterocycles. The van der Waals surface area contributed by atoms with Crippen LogP contribution in [0, 0.1) is 0 Å². The molecule has 3 aliphatic heterocycles. The molecule has 0 radical (unpaired) electrons. The molecular weight excluding hydrogens is 1640 g/mol. The van der Waals surface area contributed by atoms with Crippen molar-refractivity contribution in [3.63, 3.8) is 0 Å². The Labute approximate surface area is 699 Å². The number of benzene rings is 5. The number of halogens is 7. The van der Waals surface area contributed by atoms with Crippen LogP contribution in [0.5, 0.6) is 28.7 Å². The zero-order valence-electron chi connectivity index (χ0n) is 65.5. The zero-order valence-corrected chi connectivity index (χ0v) is 71.6. The van der Waals surface area contributed by atoms with Gasteiger partial charge in [-0.05, 0) is 170 Å². The summed E-state index contributed by atoms with van der Waals surface area (Å²) < 4.78 is 34.2. The molecule has 11 rings (SSSR count). The van der Waals surface area contributed by atoms with Crippen LogP contribution in [0.1, 0.15) is 152 Å². The van der Waals surface area contributed by atoms with Crippen LogP contribution in [-0.2, 0) is 29.3 Å². The van der Waals surface area contributed by atoms with Crippen LogP contribution in [0.25, 0.3) is 22.5 Å². The summed E-state index contributed by atoms with van der Waals surface area (Å²) in [5.41, 5.74) is 11.3. The van der Waals surface area contributed by atoms with Gasteiger partial charge in [0.05, 0.1) is 73.7 Å². The number of amides is 2. The van der Waals surface area contributed by atoms with Gasteiger partial charge in [-0.3, -0.25) is 9.59 Å². The summed E-state index contributed by atoms with van der Waals surface area (Å²) >= 11 is 39.9. The number of aromatic nitrogens is 3. The van der Waals surface area contributed by atoms with Gasteiger partial charge in [0.1, 0.15) is 74.8 Å². The van der Waals surface area contributed by atoms with Crippen molar-refractivity contribution in [2.24, 2.45) is 5.73 Å². The topological polar surface area (TPSA) is 303 Å². The van der Waals surface area contributed by atoms with E-state index < -0.39 is 41.6 Å². The van der Waals surface area contributed by atoms with E-state index in [-0.39, 0.29) is 46.6 Å². The molecule has 8 N–H and O–H groups in total. The average molecular weight is 1740 g/mol. The molecule has 606 valence electrons. The van der Waals surface area contributed by atoms with Gasteiger partial charge in [0.2, 0.25) is 0 Å². The number of methoxy groups -OCH3 is 2. The van der Waals surface area contributed by atoms with E-state index in [9.17, 15) is 29.4 Å². The number of carbonyl (C=O) groups excluding carboxylic acids is 4. The highest BCUT2D eigenvalue weighted by atomic mass is 79.9. The van der Waals surface area contributed by atoms with Crippen LogP contribution in [0.3, 0.4) is 0 Å². The number of piperidine rings is 3. The molecule has 0 atom stereocenters. The Morgan fingerprint density at radius 2 is 0.929 bits per heavy atom. The average Bonchev–Trinajstić information content (AvgIpc) is 0.791. The Hall–Kier alpha value is -8.05. The lowest BCUT2D eigenvalue weighted by molar-refractivity contribution is 0.0435. The minimum atomic E-state index is -1.57. The van der Waals surface area contributed by atoms with E-state index in [0.717, 1.165) is 59.9 Å². The molecule has 2 amide bonds. The second kappa shape index (κ2) is 39.5. The van der Waals surface area contributed by atoms with Crippen molar-refractivity contribution in [3.05, 3.63) is 184 Å². The van der Waals surface area contributed by atoms with Crippen LogP contribution in [-0.4, -0.2) is 147 Å². The third-order valence-corrected chi connectivity index (χ3v) is 21.9. The van der Waals surface area contributed by atoms with Gasteiger partial charge in [-0.15, -0.1) is 0 Å². The summed E-state index contributed by atoms with van der Waals surface area (Å²) in [7, 11) is 1.68. The van der Waals surface area contributed by atoms with Gasteiger partial charge in [0, 0.05) is 105 Å². The number of nitrogens with one attached hydrogen (secondary N) is 2. The van der Waals surface area contributed by atoms with Gasteiger partial charge < -0.3 is 79.7 Å². The maximum Gasteiger partial charge on any atom is 0.490 e. The van der Waals surface area contributed by atoms with Crippen molar-refractivity contribution in [2.45, 2.75) is 162 Å². The monoisotopic (exact) mass is 1730 g/mol. The normalized spacial score (nSPS) is 14.9. The molecule has 0 bridgehead atoms. The lowest BCUT2D eigenvalue weighted by Gasteiger charge is -2.41. The fourth-order valence-electron chi connectivity index (χ4n) is 12.4. The summed E-state index contributed by atoms with van der Waals surface area (Å²) in [4.78, 5) is 70.2. The van der Waals surface area contributed by atoms with E-state index in [1.165, 1.54) is 19.9 Å². The number of nitrogens with zero attached hydrogens (tertiary/aromatic N) is 6. The Morgan fingerprint density at radius 3 is 1.34 bits per heavy atom. The van der Waals surface area contributed by atoms with E-state index >= 15 is 0 Å². The molecule has 23 nitrogen and oxygen atoms in total.